The van der Waals surface area contributed by atoms with Gasteiger partial charge in [0.1, 0.15) is 0 Å². The van der Waals surface area contributed by atoms with Crippen LogP contribution in [-0.2, 0) is 12.8 Å². The molecular formula is C14H17N3. The van der Waals surface area contributed by atoms with E-state index in [4.69, 9.17) is 5.73 Å². The average molecular weight is 227 g/mol. The van der Waals surface area contributed by atoms with Gasteiger partial charge in [-0.2, -0.15) is 0 Å². The van der Waals surface area contributed by atoms with E-state index in [0.717, 1.165) is 41.3 Å². The fraction of sp³-hybridized carbons (Fsp3) is 0.286. The molecule has 0 unspecified atom stereocenters. The Kier molecular flexibility index (Phi) is 3.38. The van der Waals surface area contributed by atoms with Crippen LogP contribution in [0.2, 0.25) is 0 Å². The van der Waals surface area contributed by atoms with E-state index >= 15 is 0 Å². The molecule has 0 radical (unpaired) electrons. The topological polar surface area (TPSA) is 51.8 Å². The van der Waals surface area contributed by atoms with Crippen molar-refractivity contribution in [2.75, 3.05) is 5.73 Å². The molecule has 0 saturated carbocycles. The summed E-state index contributed by atoms with van der Waals surface area (Å²) in [7, 11) is 0. The largest absolute Gasteiger partial charge is 0.399 e. The van der Waals surface area contributed by atoms with Gasteiger partial charge in [0, 0.05) is 22.6 Å². The van der Waals surface area contributed by atoms with Gasteiger partial charge in [0.2, 0.25) is 0 Å². The number of nitrogen functional groups attached to an aromatic ring is 1. The summed E-state index contributed by atoms with van der Waals surface area (Å²) in [5.41, 5.74) is 9.66. The van der Waals surface area contributed by atoms with Crippen LogP contribution in [0.15, 0.2) is 30.3 Å². The van der Waals surface area contributed by atoms with E-state index in [2.05, 4.69) is 29.9 Å². The monoisotopic (exact) mass is 227 g/mol. The van der Waals surface area contributed by atoms with Gasteiger partial charge in [-0.3, -0.25) is 0 Å². The lowest BCUT2D eigenvalue weighted by Crippen LogP contribution is -1.99. The number of nitrogens with zero attached hydrogens (tertiary/aromatic N) is 2. The normalized spacial score (nSPS) is 10.5. The maximum absolute atomic E-state index is 5.78. The first kappa shape index (κ1) is 11.6. The minimum absolute atomic E-state index is 0.742. The molecule has 1 aromatic heterocycles. The lowest BCUT2D eigenvalue weighted by molar-refractivity contribution is 0.943. The Morgan fingerprint density at radius 2 is 1.65 bits per heavy atom. The van der Waals surface area contributed by atoms with Crippen molar-refractivity contribution in [2.45, 2.75) is 26.7 Å². The Hall–Kier alpha value is -1.90. The van der Waals surface area contributed by atoms with Gasteiger partial charge < -0.3 is 5.73 Å². The molecule has 2 N–H and O–H groups in total. The van der Waals surface area contributed by atoms with Crippen LogP contribution in [-0.4, -0.2) is 9.97 Å². The van der Waals surface area contributed by atoms with Gasteiger partial charge in [0.15, 0.2) is 5.82 Å². The molecule has 2 rings (SSSR count). The number of anilines is 1. The molecule has 88 valence electrons. The third-order valence-electron chi connectivity index (χ3n) is 2.70. The van der Waals surface area contributed by atoms with E-state index in [1.165, 1.54) is 0 Å². The zero-order valence-corrected chi connectivity index (χ0v) is 10.3. The molecule has 0 bridgehead atoms. The Morgan fingerprint density at radius 1 is 1.00 bits per heavy atom. The molecule has 0 fully saturated rings. The third-order valence-corrected chi connectivity index (χ3v) is 2.70. The van der Waals surface area contributed by atoms with Gasteiger partial charge in [-0.15, -0.1) is 0 Å². The summed E-state index contributed by atoms with van der Waals surface area (Å²) in [4.78, 5) is 9.09. The molecule has 2 aromatic rings. The van der Waals surface area contributed by atoms with Crippen molar-refractivity contribution in [3.63, 3.8) is 0 Å². The molecule has 3 nitrogen and oxygen atoms in total. The average Bonchev–Trinajstić information content (AvgIpc) is 2.38. The van der Waals surface area contributed by atoms with Crippen molar-refractivity contribution < 1.29 is 0 Å². The van der Waals surface area contributed by atoms with Gasteiger partial charge in [0.25, 0.3) is 0 Å². The van der Waals surface area contributed by atoms with Gasteiger partial charge >= 0.3 is 0 Å². The number of aryl methyl sites for hydroxylation is 2. The summed E-state index contributed by atoms with van der Waals surface area (Å²) >= 11 is 0. The van der Waals surface area contributed by atoms with Gasteiger partial charge in [-0.05, 0) is 31.0 Å². The predicted molar refractivity (Wildman–Crippen MR) is 70.6 cm³/mol. The Morgan fingerprint density at radius 3 is 2.18 bits per heavy atom. The minimum atomic E-state index is 0.742. The fourth-order valence-electron chi connectivity index (χ4n) is 1.72. The molecule has 1 aromatic carbocycles. The maximum atomic E-state index is 5.78. The Labute approximate surface area is 102 Å². The van der Waals surface area contributed by atoms with E-state index < -0.39 is 0 Å². The zero-order chi connectivity index (χ0) is 12.3. The standard InChI is InChI=1S/C14H17N3/c1-3-12-9-13(4-2)17-14(16-12)10-6-5-7-11(15)8-10/h5-9H,3-4,15H2,1-2H3. The summed E-state index contributed by atoms with van der Waals surface area (Å²) in [6.07, 6.45) is 1.84. The molecule has 3 heteroatoms. The first-order valence-electron chi connectivity index (χ1n) is 5.95. The molecule has 0 aliphatic carbocycles. The van der Waals surface area contributed by atoms with Gasteiger partial charge in [-0.1, -0.05) is 26.0 Å². The van der Waals surface area contributed by atoms with Crippen LogP contribution in [0.1, 0.15) is 25.2 Å². The highest BCUT2D eigenvalue weighted by Crippen LogP contribution is 2.19. The third kappa shape index (κ3) is 2.61. The van der Waals surface area contributed by atoms with Crippen LogP contribution in [0.25, 0.3) is 11.4 Å². The van der Waals surface area contributed by atoms with Crippen LogP contribution in [0, 0.1) is 0 Å². The second-order valence-corrected chi connectivity index (χ2v) is 4.01. The smallest absolute Gasteiger partial charge is 0.159 e. The second kappa shape index (κ2) is 4.95. The van der Waals surface area contributed by atoms with Crippen molar-refractivity contribution in [3.8, 4) is 11.4 Å². The first-order valence-corrected chi connectivity index (χ1v) is 5.95. The molecule has 17 heavy (non-hydrogen) atoms. The molecule has 0 saturated heterocycles. The van der Waals surface area contributed by atoms with E-state index in [1.54, 1.807) is 0 Å². The zero-order valence-electron chi connectivity index (χ0n) is 10.3. The number of benzene rings is 1. The Bertz CT molecular complexity index is 498. The minimum Gasteiger partial charge on any atom is -0.399 e. The number of hydrogen-bond donors (Lipinski definition) is 1. The molecule has 0 spiro atoms. The number of nitrogens with two attached hydrogens (primary N) is 1. The molecule has 0 atom stereocenters. The van der Waals surface area contributed by atoms with Crippen LogP contribution >= 0.6 is 0 Å². The molecule has 0 aliphatic rings. The van der Waals surface area contributed by atoms with Gasteiger partial charge in [0.05, 0.1) is 0 Å². The number of hydrogen-bond acceptors (Lipinski definition) is 3. The van der Waals surface area contributed by atoms with Crippen molar-refractivity contribution in [1.82, 2.24) is 9.97 Å². The highest BCUT2D eigenvalue weighted by molar-refractivity contribution is 5.61. The quantitative estimate of drug-likeness (QED) is 0.820. The van der Waals surface area contributed by atoms with E-state index in [-0.39, 0.29) is 0 Å². The van der Waals surface area contributed by atoms with E-state index in [9.17, 15) is 0 Å². The summed E-state index contributed by atoms with van der Waals surface area (Å²) in [5, 5.41) is 0. The van der Waals surface area contributed by atoms with Crippen molar-refractivity contribution >= 4 is 5.69 Å². The Balaban J connectivity index is 2.50. The van der Waals surface area contributed by atoms with E-state index in [1.807, 2.05) is 24.3 Å². The second-order valence-electron chi connectivity index (χ2n) is 4.01. The summed E-state index contributed by atoms with van der Waals surface area (Å²) in [6, 6.07) is 9.76. The first-order chi connectivity index (χ1) is 8.22. The van der Waals surface area contributed by atoms with E-state index in [0.29, 0.717) is 0 Å². The summed E-state index contributed by atoms with van der Waals surface area (Å²) in [5.74, 6) is 0.772. The fourth-order valence-corrected chi connectivity index (χ4v) is 1.72. The van der Waals surface area contributed by atoms with Gasteiger partial charge in [-0.25, -0.2) is 9.97 Å². The lowest BCUT2D eigenvalue weighted by Gasteiger charge is -2.06. The summed E-state index contributed by atoms with van der Waals surface area (Å²) < 4.78 is 0. The number of aromatic nitrogens is 2. The van der Waals surface area contributed by atoms with Crippen molar-refractivity contribution in [2.24, 2.45) is 0 Å². The van der Waals surface area contributed by atoms with Crippen molar-refractivity contribution in [3.05, 3.63) is 41.7 Å². The molecular weight excluding hydrogens is 210 g/mol. The SMILES string of the molecule is CCc1cc(CC)nc(-c2cccc(N)c2)n1. The predicted octanol–water partition coefficient (Wildman–Crippen LogP) is 2.85. The van der Waals surface area contributed by atoms with Crippen LogP contribution in [0.3, 0.4) is 0 Å². The molecule has 0 aliphatic heterocycles. The van der Waals surface area contributed by atoms with Crippen LogP contribution in [0.4, 0.5) is 5.69 Å². The summed E-state index contributed by atoms with van der Waals surface area (Å²) in [6.45, 7) is 4.20. The lowest BCUT2D eigenvalue weighted by atomic mass is 10.1. The molecule has 0 amide bonds. The number of rotatable bonds is 3. The highest BCUT2D eigenvalue weighted by atomic mass is 14.9. The maximum Gasteiger partial charge on any atom is 0.159 e. The highest BCUT2D eigenvalue weighted by Gasteiger charge is 2.05. The van der Waals surface area contributed by atoms with Crippen LogP contribution in [0.5, 0.6) is 0 Å². The molecule has 1 heterocycles. The van der Waals surface area contributed by atoms with Crippen LogP contribution < -0.4 is 5.73 Å². The van der Waals surface area contributed by atoms with Crippen molar-refractivity contribution in [1.29, 1.82) is 0 Å².